The Bertz CT molecular complexity index is 549. The molecule has 1 aromatic rings. The average molecular weight is 368 g/mol. The number of rotatable bonds is 8. The van der Waals surface area contributed by atoms with E-state index in [2.05, 4.69) is 10.2 Å². The number of nitrogens with zero attached hydrogens (tertiary/aromatic N) is 1. The molecule has 1 heterocycles. The van der Waals surface area contributed by atoms with Gasteiger partial charge in [0, 0.05) is 31.2 Å². The lowest BCUT2D eigenvalue weighted by molar-refractivity contribution is -0.131. The molecule has 140 valence electrons. The van der Waals surface area contributed by atoms with Crippen LogP contribution < -0.4 is 11.1 Å². The molecule has 1 atom stereocenters. The first kappa shape index (κ1) is 20.2. The summed E-state index contributed by atoms with van der Waals surface area (Å²) < 4.78 is 5.47. The summed E-state index contributed by atoms with van der Waals surface area (Å²) in [5, 5.41) is 3.87. The van der Waals surface area contributed by atoms with Crippen LogP contribution in [-0.2, 0) is 9.53 Å². The van der Waals surface area contributed by atoms with Crippen molar-refractivity contribution < 1.29 is 9.53 Å². The lowest BCUT2D eigenvalue weighted by Gasteiger charge is -2.36. The van der Waals surface area contributed by atoms with Crippen molar-refractivity contribution in [2.75, 3.05) is 39.4 Å². The van der Waals surface area contributed by atoms with Gasteiger partial charge in [-0.25, -0.2) is 0 Å². The van der Waals surface area contributed by atoms with Crippen LogP contribution in [0.25, 0.3) is 0 Å². The lowest BCUT2D eigenvalue weighted by Crippen LogP contribution is -2.49. The number of halogens is 1. The summed E-state index contributed by atoms with van der Waals surface area (Å²) in [7, 11) is 0. The second-order valence-corrected chi connectivity index (χ2v) is 6.99. The molecule has 6 heteroatoms. The highest BCUT2D eigenvalue weighted by Gasteiger charge is 2.34. The average Bonchev–Trinajstić information content (AvgIpc) is 2.66. The predicted octanol–water partition coefficient (Wildman–Crippen LogP) is 2.59. The zero-order valence-corrected chi connectivity index (χ0v) is 16.0. The van der Waals surface area contributed by atoms with E-state index in [9.17, 15) is 4.79 Å². The number of amides is 1. The Hall–Kier alpha value is -1.14. The molecule has 0 aliphatic carbocycles. The molecule has 1 aliphatic heterocycles. The van der Waals surface area contributed by atoms with Gasteiger partial charge in [-0.05, 0) is 24.5 Å². The first-order chi connectivity index (χ1) is 12.1. The van der Waals surface area contributed by atoms with Crippen LogP contribution in [0, 0.1) is 5.41 Å². The first-order valence-electron chi connectivity index (χ1n) is 9.12. The van der Waals surface area contributed by atoms with Crippen LogP contribution >= 0.6 is 11.6 Å². The lowest BCUT2D eigenvalue weighted by atomic mass is 9.81. The molecule has 1 saturated heterocycles. The fourth-order valence-corrected chi connectivity index (χ4v) is 3.66. The van der Waals surface area contributed by atoms with Gasteiger partial charge in [-0.3, -0.25) is 9.69 Å². The highest BCUT2D eigenvalue weighted by molar-refractivity contribution is 6.31. The van der Waals surface area contributed by atoms with Crippen LogP contribution in [0.15, 0.2) is 24.3 Å². The van der Waals surface area contributed by atoms with Crippen molar-refractivity contribution in [3.63, 3.8) is 0 Å². The summed E-state index contributed by atoms with van der Waals surface area (Å²) in [5.41, 5.74) is 6.45. The molecule has 0 radical (unpaired) electrons. The second-order valence-electron chi connectivity index (χ2n) is 6.59. The predicted molar refractivity (Wildman–Crippen MR) is 102 cm³/mol. The van der Waals surface area contributed by atoms with Gasteiger partial charge < -0.3 is 15.8 Å². The van der Waals surface area contributed by atoms with E-state index < -0.39 is 5.41 Å². The van der Waals surface area contributed by atoms with Crippen molar-refractivity contribution in [1.29, 1.82) is 0 Å². The Kier molecular flexibility index (Phi) is 7.69. The largest absolute Gasteiger partial charge is 0.379 e. The number of morpholine rings is 1. The molecule has 0 spiro atoms. The van der Waals surface area contributed by atoms with E-state index in [1.165, 1.54) is 0 Å². The third-order valence-electron chi connectivity index (χ3n) is 5.43. The SMILES string of the molecule is CCC(CC)(CN)C(=O)NCC(c1ccccc1Cl)N1CCOCC1. The Morgan fingerprint density at radius 1 is 1.32 bits per heavy atom. The number of nitrogens with one attached hydrogen (secondary N) is 1. The number of benzene rings is 1. The van der Waals surface area contributed by atoms with E-state index >= 15 is 0 Å². The summed E-state index contributed by atoms with van der Waals surface area (Å²) in [4.78, 5) is 15.1. The van der Waals surface area contributed by atoms with Gasteiger partial charge in [-0.2, -0.15) is 0 Å². The van der Waals surface area contributed by atoms with Crippen molar-refractivity contribution in [3.8, 4) is 0 Å². The normalized spacial score (nSPS) is 17.3. The van der Waals surface area contributed by atoms with Crippen LogP contribution in [0.3, 0.4) is 0 Å². The first-order valence-corrected chi connectivity index (χ1v) is 9.50. The Balaban J connectivity index is 2.16. The van der Waals surface area contributed by atoms with Gasteiger partial charge in [0.15, 0.2) is 0 Å². The minimum absolute atomic E-state index is 0.0327. The molecule has 1 aliphatic rings. The molecule has 1 amide bonds. The van der Waals surface area contributed by atoms with Gasteiger partial charge in [-0.15, -0.1) is 0 Å². The van der Waals surface area contributed by atoms with Gasteiger partial charge in [0.25, 0.3) is 0 Å². The fraction of sp³-hybridized carbons (Fsp3) is 0.632. The molecule has 0 saturated carbocycles. The molecule has 25 heavy (non-hydrogen) atoms. The maximum Gasteiger partial charge on any atom is 0.227 e. The maximum atomic E-state index is 12.8. The monoisotopic (exact) mass is 367 g/mol. The highest BCUT2D eigenvalue weighted by Crippen LogP contribution is 2.29. The Morgan fingerprint density at radius 2 is 1.96 bits per heavy atom. The molecule has 3 N–H and O–H groups in total. The van der Waals surface area contributed by atoms with Crippen molar-refractivity contribution in [3.05, 3.63) is 34.9 Å². The second kappa shape index (κ2) is 9.53. The molecule has 2 rings (SSSR count). The van der Waals surface area contributed by atoms with Gasteiger partial charge in [0.2, 0.25) is 5.91 Å². The van der Waals surface area contributed by atoms with E-state index in [0.29, 0.717) is 26.3 Å². The summed E-state index contributed by atoms with van der Waals surface area (Å²) in [5.74, 6) is 0.0327. The molecular formula is C19H30ClN3O2. The minimum Gasteiger partial charge on any atom is -0.379 e. The van der Waals surface area contributed by atoms with Crippen LogP contribution in [0.5, 0.6) is 0 Å². The standard InChI is InChI=1S/C19H30ClN3O2/c1-3-19(4-2,14-21)18(24)22-13-17(23-9-11-25-12-10-23)15-7-5-6-8-16(15)20/h5-8,17H,3-4,9-14,21H2,1-2H3,(H,22,24). The molecule has 1 fully saturated rings. The number of carbonyl (C=O) groups is 1. The maximum absolute atomic E-state index is 12.8. The van der Waals surface area contributed by atoms with Crippen molar-refractivity contribution >= 4 is 17.5 Å². The van der Waals surface area contributed by atoms with E-state index in [1.54, 1.807) is 0 Å². The number of hydrogen-bond donors (Lipinski definition) is 2. The quantitative estimate of drug-likeness (QED) is 0.741. The molecule has 0 bridgehead atoms. The number of carbonyl (C=O) groups excluding carboxylic acids is 1. The summed E-state index contributed by atoms with van der Waals surface area (Å²) >= 11 is 6.43. The van der Waals surface area contributed by atoms with E-state index in [-0.39, 0.29) is 11.9 Å². The smallest absolute Gasteiger partial charge is 0.227 e. The molecular weight excluding hydrogens is 338 g/mol. The Morgan fingerprint density at radius 3 is 2.52 bits per heavy atom. The van der Waals surface area contributed by atoms with Crippen LogP contribution in [0.1, 0.15) is 38.3 Å². The van der Waals surface area contributed by atoms with Crippen molar-refractivity contribution in [2.45, 2.75) is 32.7 Å². The molecule has 1 aromatic carbocycles. The number of nitrogens with two attached hydrogens (primary N) is 1. The third-order valence-corrected chi connectivity index (χ3v) is 5.78. The van der Waals surface area contributed by atoms with Gasteiger partial charge in [0.1, 0.15) is 0 Å². The summed E-state index contributed by atoms with van der Waals surface area (Å²) in [6.45, 7) is 7.97. The number of hydrogen-bond acceptors (Lipinski definition) is 4. The van der Waals surface area contributed by atoms with Crippen molar-refractivity contribution in [1.82, 2.24) is 10.2 Å². The zero-order valence-electron chi connectivity index (χ0n) is 15.3. The highest BCUT2D eigenvalue weighted by atomic mass is 35.5. The van der Waals surface area contributed by atoms with Gasteiger partial charge in [0.05, 0.1) is 24.7 Å². The number of ether oxygens (including phenoxy) is 1. The van der Waals surface area contributed by atoms with Gasteiger partial charge >= 0.3 is 0 Å². The van der Waals surface area contributed by atoms with Gasteiger partial charge in [-0.1, -0.05) is 43.6 Å². The van der Waals surface area contributed by atoms with E-state index in [1.807, 2.05) is 38.1 Å². The van der Waals surface area contributed by atoms with Crippen LogP contribution in [0.4, 0.5) is 0 Å². The van der Waals surface area contributed by atoms with E-state index in [4.69, 9.17) is 22.1 Å². The molecule has 1 unspecified atom stereocenters. The fourth-order valence-electron chi connectivity index (χ4n) is 3.40. The van der Waals surface area contributed by atoms with Crippen molar-refractivity contribution in [2.24, 2.45) is 11.1 Å². The summed E-state index contributed by atoms with van der Waals surface area (Å²) in [6, 6.07) is 7.87. The van der Waals surface area contributed by atoms with Crippen LogP contribution in [0.2, 0.25) is 5.02 Å². The molecule has 5 nitrogen and oxygen atoms in total. The van der Waals surface area contributed by atoms with E-state index in [0.717, 1.165) is 36.5 Å². The topological polar surface area (TPSA) is 67.6 Å². The van der Waals surface area contributed by atoms with Crippen LogP contribution in [-0.4, -0.2) is 50.2 Å². The molecule has 0 aromatic heterocycles. The summed E-state index contributed by atoms with van der Waals surface area (Å²) in [6.07, 6.45) is 1.47. The zero-order chi connectivity index (χ0) is 18.3. The third kappa shape index (κ3) is 4.73. The Labute approximate surface area is 155 Å². The minimum atomic E-state index is -0.490.